The van der Waals surface area contributed by atoms with Crippen LogP contribution in [0, 0.1) is 6.92 Å². The fourth-order valence-electron chi connectivity index (χ4n) is 2.18. The van der Waals surface area contributed by atoms with Gasteiger partial charge in [-0.2, -0.15) is 8.78 Å². The zero-order valence-electron chi connectivity index (χ0n) is 13.5. The van der Waals surface area contributed by atoms with Crippen molar-refractivity contribution in [3.8, 4) is 11.4 Å². The van der Waals surface area contributed by atoms with E-state index in [1.807, 2.05) is 0 Å². The molecule has 8 nitrogen and oxygen atoms in total. The zero-order chi connectivity index (χ0) is 18.6. The lowest BCUT2D eigenvalue weighted by Gasteiger charge is -2.17. The highest BCUT2D eigenvalue weighted by molar-refractivity contribution is 5.95. The fraction of sp³-hybridized carbons (Fsp3) is 0.333. The highest BCUT2D eigenvalue weighted by Crippen LogP contribution is 2.19. The standard InChI is InChI=1S/C15H16F2N4O4/c1-3-20(8-12(22)23)14(24)13-9(2)21(19-18-13)10-4-6-11(7-5-10)25-15(16)17/h4-7,15H,3,8H2,1-2H3,(H,22,23). The summed E-state index contributed by atoms with van der Waals surface area (Å²) in [4.78, 5) is 24.3. The van der Waals surface area contributed by atoms with Crippen molar-refractivity contribution in [1.82, 2.24) is 19.9 Å². The minimum Gasteiger partial charge on any atom is -0.480 e. The smallest absolute Gasteiger partial charge is 0.387 e. The average Bonchev–Trinajstić information content (AvgIpc) is 2.93. The number of carboxylic acid groups (broad SMARTS) is 1. The van der Waals surface area contributed by atoms with Crippen LogP contribution in [-0.2, 0) is 4.79 Å². The largest absolute Gasteiger partial charge is 0.480 e. The molecule has 0 unspecified atom stereocenters. The van der Waals surface area contributed by atoms with E-state index in [4.69, 9.17) is 5.11 Å². The van der Waals surface area contributed by atoms with E-state index >= 15 is 0 Å². The summed E-state index contributed by atoms with van der Waals surface area (Å²) < 4.78 is 30.0. The Labute approximate surface area is 141 Å². The molecular formula is C15H16F2N4O4. The molecule has 0 aliphatic carbocycles. The lowest BCUT2D eigenvalue weighted by molar-refractivity contribution is -0.137. The second-order valence-electron chi connectivity index (χ2n) is 5.02. The molecule has 1 aromatic heterocycles. The molecule has 1 aromatic carbocycles. The Bertz CT molecular complexity index is 761. The van der Waals surface area contributed by atoms with Crippen molar-refractivity contribution < 1.29 is 28.2 Å². The van der Waals surface area contributed by atoms with Gasteiger partial charge in [-0.3, -0.25) is 9.59 Å². The maximum atomic E-state index is 12.4. The third-order valence-corrected chi connectivity index (χ3v) is 3.40. The molecule has 25 heavy (non-hydrogen) atoms. The molecule has 1 heterocycles. The highest BCUT2D eigenvalue weighted by Gasteiger charge is 2.23. The first-order chi connectivity index (χ1) is 11.8. The van der Waals surface area contributed by atoms with Gasteiger partial charge in [0.15, 0.2) is 5.69 Å². The third kappa shape index (κ3) is 4.28. The van der Waals surface area contributed by atoms with Crippen molar-refractivity contribution in [3.05, 3.63) is 35.7 Å². The SMILES string of the molecule is CCN(CC(=O)O)C(=O)c1nnn(-c2ccc(OC(F)F)cc2)c1C. The molecule has 0 saturated heterocycles. The molecular weight excluding hydrogens is 338 g/mol. The number of halogens is 2. The summed E-state index contributed by atoms with van der Waals surface area (Å²) >= 11 is 0. The molecule has 0 saturated carbocycles. The molecule has 0 spiro atoms. The lowest BCUT2D eigenvalue weighted by atomic mass is 10.2. The van der Waals surface area contributed by atoms with Crippen LogP contribution in [0.1, 0.15) is 23.1 Å². The van der Waals surface area contributed by atoms with Gasteiger partial charge in [0.25, 0.3) is 5.91 Å². The third-order valence-electron chi connectivity index (χ3n) is 3.40. The van der Waals surface area contributed by atoms with Crippen LogP contribution in [0.5, 0.6) is 5.75 Å². The minimum absolute atomic E-state index is 0.00793. The van der Waals surface area contributed by atoms with E-state index in [1.54, 1.807) is 13.8 Å². The molecule has 0 atom stereocenters. The van der Waals surface area contributed by atoms with Crippen LogP contribution in [0.2, 0.25) is 0 Å². The topological polar surface area (TPSA) is 97.5 Å². The summed E-state index contributed by atoms with van der Waals surface area (Å²) in [5, 5.41) is 16.5. The van der Waals surface area contributed by atoms with Gasteiger partial charge in [-0.25, -0.2) is 4.68 Å². The molecule has 0 radical (unpaired) electrons. The highest BCUT2D eigenvalue weighted by atomic mass is 19.3. The number of nitrogens with zero attached hydrogens (tertiary/aromatic N) is 4. The first-order valence-electron chi connectivity index (χ1n) is 7.32. The first kappa shape index (κ1) is 18.3. The quantitative estimate of drug-likeness (QED) is 0.813. The van der Waals surface area contributed by atoms with Gasteiger partial charge in [-0.1, -0.05) is 5.21 Å². The zero-order valence-corrected chi connectivity index (χ0v) is 13.5. The van der Waals surface area contributed by atoms with E-state index in [0.717, 1.165) is 4.90 Å². The van der Waals surface area contributed by atoms with Crippen LogP contribution >= 0.6 is 0 Å². The second kappa shape index (κ2) is 7.69. The minimum atomic E-state index is -2.92. The van der Waals surface area contributed by atoms with E-state index in [-0.39, 0.29) is 18.0 Å². The molecule has 1 N–H and O–H groups in total. The fourth-order valence-corrected chi connectivity index (χ4v) is 2.18. The number of carbonyl (C=O) groups is 2. The Hall–Kier alpha value is -3.04. The maximum absolute atomic E-state index is 12.4. The maximum Gasteiger partial charge on any atom is 0.387 e. The number of hydrogen-bond donors (Lipinski definition) is 1. The van der Waals surface area contributed by atoms with Crippen LogP contribution in [0.25, 0.3) is 5.69 Å². The Balaban J connectivity index is 2.25. The number of carbonyl (C=O) groups excluding carboxylic acids is 1. The van der Waals surface area contributed by atoms with Crippen LogP contribution in [0.4, 0.5) is 8.78 Å². The Morgan fingerprint density at radius 2 is 1.96 bits per heavy atom. The number of aromatic nitrogens is 3. The number of ether oxygens (including phenoxy) is 1. The van der Waals surface area contributed by atoms with Gasteiger partial charge >= 0.3 is 12.6 Å². The van der Waals surface area contributed by atoms with Crippen molar-refractivity contribution in [2.75, 3.05) is 13.1 Å². The summed E-state index contributed by atoms with van der Waals surface area (Å²) in [6.07, 6.45) is 0. The van der Waals surface area contributed by atoms with E-state index in [0.29, 0.717) is 11.4 Å². The Morgan fingerprint density at radius 3 is 2.48 bits per heavy atom. The molecule has 10 heteroatoms. The van der Waals surface area contributed by atoms with Crippen LogP contribution < -0.4 is 4.74 Å². The first-order valence-corrected chi connectivity index (χ1v) is 7.32. The summed E-state index contributed by atoms with van der Waals surface area (Å²) in [6.45, 7) is 0.101. The number of benzene rings is 1. The van der Waals surface area contributed by atoms with Gasteiger partial charge in [0.2, 0.25) is 0 Å². The van der Waals surface area contributed by atoms with Crippen molar-refractivity contribution in [3.63, 3.8) is 0 Å². The van der Waals surface area contributed by atoms with Crippen LogP contribution in [-0.4, -0.2) is 56.6 Å². The number of hydrogen-bond acceptors (Lipinski definition) is 5. The number of alkyl halides is 2. The molecule has 0 aliphatic heterocycles. The van der Waals surface area contributed by atoms with Crippen LogP contribution in [0.15, 0.2) is 24.3 Å². The number of rotatable bonds is 7. The monoisotopic (exact) mass is 354 g/mol. The van der Waals surface area contributed by atoms with E-state index in [9.17, 15) is 18.4 Å². The van der Waals surface area contributed by atoms with Gasteiger partial charge in [0.05, 0.1) is 11.4 Å². The van der Waals surface area contributed by atoms with E-state index in [1.165, 1.54) is 28.9 Å². The van der Waals surface area contributed by atoms with Crippen molar-refractivity contribution in [2.45, 2.75) is 20.5 Å². The summed E-state index contributed by atoms with van der Waals surface area (Å²) in [7, 11) is 0. The predicted molar refractivity (Wildman–Crippen MR) is 81.9 cm³/mol. The number of amides is 1. The Kier molecular flexibility index (Phi) is 5.63. The van der Waals surface area contributed by atoms with Crippen molar-refractivity contribution in [1.29, 1.82) is 0 Å². The molecule has 134 valence electrons. The van der Waals surface area contributed by atoms with Gasteiger partial charge in [-0.05, 0) is 38.1 Å². The molecule has 2 aromatic rings. The molecule has 0 fully saturated rings. The van der Waals surface area contributed by atoms with Crippen molar-refractivity contribution >= 4 is 11.9 Å². The number of likely N-dealkylation sites (N-methyl/N-ethyl adjacent to an activating group) is 1. The molecule has 0 bridgehead atoms. The number of carboxylic acids is 1. The van der Waals surface area contributed by atoms with Crippen molar-refractivity contribution in [2.24, 2.45) is 0 Å². The van der Waals surface area contributed by atoms with Crippen LogP contribution in [0.3, 0.4) is 0 Å². The summed E-state index contributed by atoms with van der Waals surface area (Å²) in [6, 6.07) is 5.66. The summed E-state index contributed by atoms with van der Waals surface area (Å²) in [5.41, 5.74) is 0.916. The van der Waals surface area contributed by atoms with E-state index < -0.39 is 25.0 Å². The van der Waals surface area contributed by atoms with Gasteiger partial charge in [0.1, 0.15) is 12.3 Å². The average molecular weight is 354 g/mol. The van der Waals surface area contributed by atoms with Gasteiger partial charge in [0, 0.05) is 6.54 Å². The molecule has 2 rings (SSSR count). The van der Waals surface area contributed by atoms with E-state index in [2.05, 4.69) is 15.0 Å². The second-order valence-corrected chi connectivity index (χ2v) is 5.02. The van der Waals surface area contributed by atoms with Gasteiger partial charge < -0.3 is 14.7 Å². The molecule has 1 amide bonds. The summed E-state index contributed by atoms with van der Waals surface area (Å²) in [5.74, 6) is -1.69. The Morgan fingerprint density at radius 1 is 1.32 bits per heavy atom. The number of aliphatic carboxylic acids is 1. The normalized spacial score (nSPS) is 10.8. The van der Waals surface area contributed by atoms with Gasteiger partial charge in [-0.15, -0.1) is 5.10 Å². The predicted octanol–water partition coefficient (Wildman–Crippen LogP) is 1.72. The lowest BCUT2D eigenvalue weighted by Crippen LogP contribution is -2.36. The molecule has 0 aliphatic rings.